The first-order valence-electron chi connectivity index (χ1n) is 10.8. The molecule has 6 heteroatoms. The molecule has 1 unspecified atom stereocenters. The molecule has 0 bridgehead atoms. The number of benzene rings is 1. The van der Waals surface area contributed by atoms with Crippen molar-refractivity contribution in [1.29, 1.82) is 0 Å². The Morgan fingerprint density at radius 3 is 2.43 bits per heavy atom. The van der Waals surface area contributed by atoms with Crippen LogP contribution in [-0.4, -0.2) is 33.2 Å². The van der Waals surface area contributed by atoms with E-state index in [1.54, 1.807) is 11.3 Å². The van der Waals surface area contributed by atoms with Crippen LogP contribution in [0, 0.1) is 0 Å². The molecule has 0 aliphatic carbocycles. The van der Waals surface area contributed by atoms with Crippen molar-refractivity contribution in [3.05, 3.63) is 57.8 Å². The molecule has 1 aromatic heterocycles. The van der Waals surface area contributed by atoms with Crippen molar-refractivity contribution in [3.63, 3.8) is 0 Å². The van der Waals surface area contributed by atoms with Crippen molar-refractivity contribution in [2.45, 2.75) is 70.1 Å². The van der Waals surface area contributed by atoms with E-state index in [1.807, 2.05) is 30.3 Å². The summed E-state index contributed by atoms with van der Waals surface area (Å²) in [6.45, 7) is 13.3. The summed E-state index contributed by atoms with van der Waals surface area (Å²) in [7, 11) is -1.77. The molecule has 1 aliphatic heterocycles. The molecule has 1 atom stereocenters. The van der Waals surface area contributed by atoms with Crippen LogP contribution >= 0.6 is 11.3 Å². The Kier molecular flexibility index (Phi) is 7.59. The molecule has 0 spiro atoms. The second-order valence-electron chi connectivity index (χ2n) is 9.72. The number of hydrogen-bond acceptors (Lipinski definition) is 5. The molecule has 0 amide bonds. The number of hydrogen-bond donors (Lipinski definition) is 1. The van der Waals surface area contributed by atoms with E-state index in [1.165, 1.54) is 0 Å². The highest BCUT2D eigenvalue weighted by Gasteiger charge is 2.37. The van der Waals surface area contributed by atoms with Gasteiger partial charge in [-0.15, -0.1) is 11.3 Å². The first-order chi connectivity index (χ1) is 14.1. The smallest absolute Gasteiger partial charge is 0.193 e. The van der Waals surface area contributed by atoms with Crippen LogP contribution in [0.5, 0.6) is 0 Å². The third-order valence-corrected chi connectivity index (χ3v) is 11.9. The van der Waals surface area contributed by atoms with Crippen molar-refractivity contribution in [3.8, 4) is 0 Å². The molecule has 3 rings (SSSR count). The lowest BCUT2D eigenvalue weighted by atomic mass is 9.84. The Morgan fingerprint density at radius 2 is 1.80 bits per heavy atom. The normalized spacial score (nSPS) is 17.9. The van der Waals surface area contributed by atoms with Crippen LogP contribution in [0.25, 0.3) is 0 Å². The van der Waals surface area contributed by atoms with Crippen LogP contribution in [-0.2, 0) is 25.9 Å². The lowest BCUT2D eigenvalue weighted by Crippen LogP contribution is -2.41. The van der Waals surface area contributed by atoms with Crippen LogP contribution in [0.15, 0.2) is 41.8 Å². The second-order valence-corrected chi connectivity index (χ2v) is 15.5. The third kappa shape index (κ3) is 5.81. The molecule has 2 aromatic rings. The van der Waals surface area contributed by atoms with E-state index in [2.05, 4.69) is 45.3 Å². The molecule has 1 aliphatic rings. The summed E-state index contributed by atoms with van der Waals surface area (Å²) in [5.74, 6) is 0. The van der Waals surface area contributed by atoms with Gasteiger partial charge in [0.25, 0.3) is 0 Å². The monoisotopic (exact) mass is 448 g/mol. The number of ether oxygens (including phenoxy) is 2. The molecule has 0 radical (unpaired) electrons. The summed E-state index contributed by atoms with van der Waals surface area (Å²) < 4.78 is 17.6. The fourth-order valence-electron chi connectivity index (χ4n) is 3.46. The van der Waals surface area contributed by atoms with E-state index in [0.717, 1.165) is 22.4 Å². The van der Waals surface area contributed by atoms with Gasteiger partial charge in [0.05, 0.1) is 23.7 Å². The lowest BCUT2D eigenvalue weighted by molar-refractivity contribution is -0.0414. The minimum absolute atomic E-state index is 0.195. The average Bonchev–Trinajstić information content (AvgIpc) is 3.37. The average molecular weight is 449 g/mol. The Labute approximate surface area is 186 Å². The van der Waals surface area contributed by atoms with E-state index in [9.17, 15) is 5.11 Å². The van der Waals surface area contributed by atoms with Gasteiger partial charge in [-0.25, -0.2) is 0 Å². The van der Waals surface area contributed by atoms with E-state index < -0.39 is 13.9 Å². The first kappa shape index (κ1) is 23.6. The quantitative estimate of drug-likeness (QED) is 0.376. The van der Waals surface area contributed by atoms with Gasteiger partial charge in [-0.2, -0.15) is 0 Å². The summed E-state index contributed by atoms with van der Waals surface area (Å²) in [5.41, 5.74) is 1.15. The van der Waals surface area contributed by atoms with Gasteiger partial charge < -0.3 is 19.0 Å². The predicted molar refractivity (Wildman–Crippen MR) is 125 cm³/mol. The molecule has 1 N–H and O–H groups in total. The van der Waals surface area contributed by atoms with E-state index in [-0.39, 0.29) is 11.3 Å². The van der Waals surface area contributed by atoms with Crippen molar-refractivity contribution < 1.29 is 19.0 Å². The zero-order valence-electron chi connectivity index (χ0n) is 18.9. The van der Waals surface area contributed by atoms with E-state index >= 15 is 0 Å². The zero-order valence-corrected chi connectivity index (χ0v) is 20.8. The predicted octanol–water partition coefficient (Wildman–Crippen LogP) is 6.03. The van der Waals surface area contributed by atoms with Gasteiger partial charge in [-0.05, 0) is 53.5 Å². The highest BCUT2D eigenvalue weighted by Crippen LogP contribution is 2.38. The fraction of sp³-hybridized carbons (Fsp3) is 0.583. The fourth-order valence-corrected chi connectivity index (χ4v) is 5.46. The standard InChI is InChI=1S/C24H36O4SSi/c1-23(2,3)30(4,5)28-13-9-12-24(25,20-10-7-6-8-11-20)17-19-16-21(29-18-19)22-26-14-15-27-22/h6-8,10-11,16,18,22,25H,9,12-15,17H2,1-5H3. The number of aliphatic hydroxyl groups is 1. The molecule has 1 saturated heterocycles. The van der Waals surface area contributed by atoms with Gasteiger partial charge in [-0.1, -0.05) is 51.1 Å². The van der Waals surface area contributed by atoms with Crippen molar-refractivity contribution in [2.24, 2.45) is 0 Å². The lowest BCUT2D eigenvalue weighted by Gasteiger charge is -2.36. The van der Waals surface area contributed by atoms with Gasteiger partial charge in [0.2, 0.25) is 0 Å². The van der Waals surface area contributed by atoms with Gasteiger partial charge in [-0.3, -0.25) is 0 Å². The van der Waals surface area contributed by atoms with Crippen LogP contribution in [0.3, 0.4) is 0 Å². The molecule has 166 valence electrons. The van der Waals surface area contributed by atoms with Gasteiger partial charge >= 0.3 is 0 Å². The third-order valence-electron chi connectivity index (χ3n) is 6.34. The SMILES string of the molecule is CC(C)(C)[Si](C)(C)OCCCC(O)(Cc1csc(C2OCCO2)c1)c1ccccc1. The summed E-state index contributed by atoms with van der Waals surface area (Å²) in [6.07, 6.45) is 1.80. The zero-order chi connectivity index (χ0) is 21.8. The van der Waals surface area contributed by atoms with Crippen LogP contribution in [0.2, 0.25) is 18.1 Å². The molecule has 4 nitrogen and oxygen atoms in total. The summed E-state index contributed by atoms with van der Waals surface area (Å²) in [5, 5.41) is 14.0. The Morgan fingerprint density at radius 1 is 1.13 bits per heavy atom. The largest absolute Gasteiger partial charge is 0.417 e. The molecule has 30 heavy (non-hydrogen) atoms. The summed E-state index contributed by atoms with van der Waals surface area (Å²) in [4.78, 5) is 1.07. The molecule has 0 saturated carbocycles. The maximum Gasteiger partial charge on any atom is 0.193 e. The Balaban J connectivity index is 1.68. The highest BCUT2D eigenvalue weighted by atomic mass is 32.1. The Hall–Kier alpha value is -1.02. The number of thiophene rings is 1. The van der Waals surface area contributed by atoms with Crippen molar-refractivity contribution in [1.82, 2.24) is 0 Å². The summed E-state index contributed by atoms with van der Waals surface area (Å²) >= 11 is 1.64. The highest BCUT2D eigenvalue weighted by molar-refractivity contribution is 7.10. The summed E-state index contributed by atoms with van der Waals surface area (Å²) in [6, 6.07) is 12.1. The Bertz CT molecular complexity index is 793. The van der Waals surface area contributed by atoms with Crippen LogP contribution in [0.1, 0.15) is 55.9 Å². The van der Waals surface area contributed by atoms with E-state index in [0.29, 0.717) is 32.7 Å². The minimum atomic E-state index is -1.77. The molecule has 2 heterocycles. The maximum atomic E-state index is 11.7. The van der Waals surface area contributed by atoms with Crippen LogP contribution in [0.4, 0.5) is 0 Å². The van der Waals surface area contributed by atoms with E-state index in [4.69, 9.17) is 13.9 Å². The molecular weight excluding hydrogens is 412 g/mol. The minimum Gasteiger partial charge on any atom is -0.417 e. The van der Waals surface area contributed by atoms with Crippen molar-refractivity contribution in [2.75, 3.05) is 19.8 Å². The van der Waals surface area contributed by atoms with Gasteiger partial charge in [0.15, 0.2) is 14.6 Å². The maximum absolute atomic E-state index is 11.7. The first-order valence-corrected chi connectivity index (χ1v) is 14.6. The van der Waals surface area contributed by atoms with Gasteiger partial charge in [0, 0.05) is 13.0 Å². The molecular formula is C24H36O4SSi. The van der Waals surface area contributed by atoms with Crippen molar-refractivity contribution >= 4 is 19.7 Å². The van der Waals surface area contributed by atoms with Crippen LogP contribution < -0.4 is 0 Å². The van der Waals surface area contributed by atoms with Gasteiger partial charge in [0.1, 0.15) is 0 Å². The second kappa shape index (κ2) is 9.63. The number of rotatable bonds is 9. The topological polar surface area (TPSA) is 47.9 Å². The molecule has 1 aromatic carbocycles. The molecule has 1 fully saturated rings.